The van der Waals surface area contributed by atoms with Crippen molar-refractivity contribution in [1.29, 1.82) is 0 Å². The Bertz CT molecular complexity index is 412. The Kier molecular flexibility index (Phi) is 3.09. The third-order valence-corrected chi connectivity index (χ3v) is 2.93. The Labute approximate surface area is 95.8 Å². The quantitative estimate of drug-likeness (QED) is 0.490. The van der Waals surface area contributed by atoms with Gasteiger partial charge in [0.2, 0.25) is 0 Å². The molecule has 94 valence electrons. The van der Waals surface area contributed by atoms with Crippen LogP contribution in [0.1, 0.15) is 30.0 Å². The number of alkyl halides is 3. The van der Waals surface area contributed by atoms with E-state index < -0.39 is 23.6 Å². The van der Waals surface area contributed by atoms with Crippen LogP contribution in [-0.2, 0) is 6.18 Å². The summed E-state index contributed by atoms with van der Waals surface area (Å²) in [7, 11) is 0. The zero-order valence-corrected chi connectivity index (χ0v) is 8.89. The average Bonchev–Trinajstić information content (AvgIpc) is 3.04. The smallest absolute Gasteiger partial charge is 0.271 e. The molecular formula is C11H12F4N2. The highest BCUT2D eigenvalue weighted by Gasteiger charge is 2.36. The second kappa shape index (κ2) is 4.27. The average molecular weight is 248 g/mol. The fourth-order valence-electron chi connectivity index (χ4n) is 1.87. The largest absolute Gasteiger partial charge is 0.416 e. The maximum atomic E-state index is 13.5. The molecule has 3 N–H and O–H groups in total. The van der Waals surface area contributed by atoms with E-state index in [1.165, 1.54) is 0 Å². The van der Waals surface area contributed by atoms with E-state index >= 15 is 0 Å². The number of rotatable bonds is 3. The normalized spacial score (nSPS) is 18.2. The predicted molar refractivity (Wildman–Crippen MR) is 54.2 cm³/mol. The number of hydrazine groups is 1. The van der Waals surface area contributed by atoms with Crippen LogP contribution in [0.15, 0.2) is 18.2 Å². The highest BCUT2D eigenvalue weighted by Crippen LogP contribution is 2.42. The Hall–Kier alpha value is -1.14. The minimum Gasteiger partial charge on any atom is -0.271 e. The molecule has 0 aliphatic heterocycles. The highest BCUT2D eigenvalue weighted by molar-refractivity contribution is 5.30. The van der Waals surface area contributed by atoms with Crippen molar-refractivity contribution >= 4 is 0 Å². The monoisotopic (exact) mass is 248 g/mol. The van der Waals surface area contributed by atoms with Crippen molar-refractivity contribution in [3.8, 4) is 0 Å². The molecule has 6 heteroatoms. The molecule has 0 aromatic heterocycles. The minimum absolute atomic E-state index is 0.00942. The first-order chi connectivity index (χ1) is 7.93. The molecule has 0 heterocycles. The lowest BCUT2D eigenvalue weighted by atomic mass is 10.00. The molecule has 2 nitrogen and oxygen atoms in total. The Morgan fingerprint density at radius 3 is 2.41 bits per heavy atom. The van der Waals surface area contributed by atoms with E-state index in [9.17, 15) is 17.6 Å². The molecule has 0 bridgehead atoms. The van der Waals surface area contributed by atoms with Gasteiger partial charge in [0.1, 0.15) is 5.82 Å². The maximum absolute atomic E-state index is 13.5. The van der Waals surface area contributed by atoms with Crippen LogP contribution in [-0.4, -0.2) is 0 Å². The van der Waals surface area contributed by atoms with E-state index in [4.69, 9.17) is 5.84 Å². The van der Waals surface area contributed by atoms with Gasteiger partial charge in [-0.1, -0.05) is 0 Å². The molecule has 1 saturated carbocycles. The maximum Gasteiger partial charge on any atom is 0.416 e. The van der Waals surface area contributed by atoms with Crippen molar-refractivity contribution < 1.29 is 17.6 Å². The van der Waals surface area contributed by atoms with Crippen LogP contribution in [0.4, 0.5) is 17.6 Å². The summed E-state index contributed by atoms with van der Waals surface area (Å²) in [6.45, 7) is 0. The Morgan fingerprint density at radius 2 is 1.94 bits per heavy atom. The van der Waals surface area contributed by atoms with Gasteiger partial charge in [0, 0.05) is 5.56 Å². The standard InChI is InChI=1S/C11H12F4N2/c12-9-4-3-7(11(13,14)15)5-8(9)10(17-16)6-1-2-6/h3-6,10,17H,1-2,16H2. The summed E-state index contributed by atoms with van der Waals surface area (Å²) in [5.41, 5.74) is 1.53. The van der Waals surface area contributed by atoms with Crippen molar-refractivity contribution in [2.45, 2.75) is 25.1 Å². The first-order valence-electron chi connectivity index (χ1n) is 5.26. The number of nitrogens with one attached hydrogen (secondary N) is 1. The Morgan fingerprint density at radius 1 is 1.29 bits per heavy atom. The lowest BCUT2D eigenvalue weighted by Gasteiger charge is -2.18. The predicted octanol–water partition coefficient (Wildman–Crippen LogP) is 2.76. The summed E-state index contributed by atoms with van der Waals surface area (Å²) in [5.74, 6) is 4.74. The summed E-state index contributed by atoms with van der Waals surface area (Å²) in [6.07, 6.45) is -2.76. The lowest BCUT2D eigenvalue weighted by Crippen LogP contribution is -2.30. The van der Waals surface area contributed by atoms with Gasteiger partial charge in [-0.25, -0.2) is 4.39 Å². The third kappa shape index (κ3) is 2.58. The van der Waals surface area contributed by atoms with Crippen molar-refractivity contribution in [2.75, 3.05) is 0 Å². The van der Waals surface area contributed by atoms with Crippen LogP contribution in [0.25, 0.3) is 0 Å². The molecule has 1 fully saturated rings. The fraction of sp³-hybridized carbons (Fsp3) is 0.455. The molecule has 0 spiro atoms. The van der Waals surface area contributed by atoms with Crippen LogP contribution in [0.2, 0.25) is 0 Å². The molecule has 2 rings (SSSR count). The van der Waals surface area contributed by atoms with Gasteiger partial charge < -0.3 is 0 Å². The molecule has 1 aromatic carbocycles. The number of nitrogens with two attached hydrogens (primary N) is 1. The number of hydrogen-bond acceptors (Lipinski definition) is 2. The first kappa shape index (κ1) is 12.3. The van der Waals surface area contributed by atoms with Gasteiger partial charge in [0.15, 0.2) is 0 Å². The van der Waals surface area contributed by atoms with E-state index in [2.05, 4.69) is 5.43 Å². The lowest BCUT2D eigenvalue weighted by molar-refractivity contribution is -0.137. The summed E-state index contributed by atoms with van der Waals surface area (Å²) < 4.78 is 51.0. The van der Waals surface area contributed by atoms with E-state index in [0.717, 1.165) is 31.0 Å². The molecule has 1 aromatic rings. The fourth-order valence-corrected chi connectivity index (χ4v) is 1.87. The minimum atomic E-state index is -4.47. The summed E-state index contributed by atoms with van der Waals surface area (Å²) in [5, 5.41) is 0. The molecule has 0 saturated heterocycles. The number of benzene rings is 1. The van der Waals surface area contributed by atoms with Gasteiger partial charge in [-0.15, -0.1) is 0 Å². The van der Waals surface area contributed by atoms with E-state index in [-0.39, 0.29) is 11.5 Å². The molecule has 1 atom stereocenters. The zero-order chi connectivity index (χ0) is 12.6. The molecule has 17 heavy (non-hydrogen) atoms. The second-order valence-corrected chi connectivity index (χ2v) is 4.22. The van der Waals surface area contributed by atoms with Crippen LogP contribution in [0.3, 0.4) is 0 Å². The van der Waals surface area contributed by atoms with Gasteiger partial charge >= 0.3 is 6.18 Å². The van der Waals surface area contributed by atoms with Gasteiger partial charge in [-0.2, -0.15) is 13.2 Å². The van der Waals surface area contributed by atoms with Crippen LogP contribution in [0, 0.1) is 11.7 Å². The van der Waals surface area contributed by atoms with Crippen molar-refractivity contribution in [1.82, 2.24) is 5.43 Å². The Balaban J connectivity index is 2.37. The topological polar surface area (TPSA) is 38.0 Å². The van der Waals surface area contributed by atoms with Crippen molar-refractivity contribution in [3.05, 3.63) is 35.1 Å². The number of hydrogen-bond donors (Lipinski definition) is 2. The molecule has 1 aliphatic carbocycles. The zero-order valence-electron chi connectivity index (χ0n) is 8.89. The van der Waals surface area contributed by atoms with Gasteiger partial charge in [-0.05, 0) is 37.0 Å². The molecular weight excluding hydrogens is 236 g/mol. The SMILES string of the molecule is NNC(c1cc(C(F)(F)F)ccc1F)C1CC1. The first-order valence-corrected chi connectivity index (χ1v) is 5.26. The molecule has 1 aliphatic rings. The molecule has 0 amide bonds. The van der Waals surface area contributed by atoms with E-state index in [1.54, 1.807) is 0 Å². The van der Waals surface area contributed by atoms with E-state index in [0.29, 0.717) is 0 Å². The molecule has 1 unspecified atom stereocenters. The molecule has 0 radical (unpaired) electrons. The van der Waals surface area contributed by atoms with Crippen LogP contribution in [0.5, 0.6) is 0 Å². The highest BCUT2D eigenvalue weighted by atomic mass is 19.4. The van der Waals surface area contributed by atoms with Gasteiger partial charge in [-0.3, -0.25) is 11.3 Å². The summed E-state index contributed by atoms with van der Waals surface area (Å²) in [6, 6.07) is 1.86. The van der Waals surface area contributed by atoms with Gasteiger partial charge in [0.05, 0.1) is 11.6 Å². The van der Waals surface area contributed by atoms with Crippen molar-refractivity contribution in [3.63, 3.8) is 0 Å². The van der Waals surface area contributed by atoms with Crippen LogP contribution >= 0.6 is 0 Å². The summed E-state index contributed by atoms with van der Waals surface area (Å²) >= 11 is 0. The number of halogens is 4. The third-order valence-electron chi connectivity index (χ3n) is 2.93. The van der Waals surface area contributed by atoms with Crippen molar-refractivity contribution in [2.24, 2.45) is 11.8 Å². The van der Waals surface area contributed by atoms with Crippen LogP contribution < -0.4 is 11.3 Å². The second-order valence-electron chi connectivity index (χ2n) is 4.22. The summed E-state index contributed by atoms with van der Waals surface area (Å²) in [4.78, 5) is 0. The van der Waals surface area contributed by atoms with E-state index in [1.807, 2.05) is 0 Å². The van der Waals surface area contributed by atoms with Gasteiger partial charge in [0.25, 0.3) is 0 Å².